The van der Waals surface area contributed by atoms with Gasteiger partial charge in [0.15, 0.2) is 0 Å². The molecule has 0 aliphatic heterocycles. The van der Waals surface area contributed by atoms with Crippen LogP contribution in [0.25, 0.3) is 11.3 Å². The van der Waals surface area contributed by atoms with E-state index in [4.69, 9.17) is 4.42 Å². The van der Waals surface area contributed by atoms with Gasteiger partial charge in [-0.3, -0.25) is 4.79 Å². The summed E-state index contributed by atoms with van der Waals surface area (Å²) in [5.74, 6) is 0.745. The fraction of sp³-hybridized carbons (Fsp3) is 0.267. The second-order valence-corrected chi connectivity index (χ2v) is 4.17. The van der Waals surface area contributed by atoms with Crippen molar-refractivity contribution in [2.75, 3.05) is 6.54 Å². The zero-order chi connectivity index (χ0) is 12.8. The van der Waals surface area contributed by atoms with E-state index in [1.807, 2.05) is 36.4 Å². The normalized spacial score (nSPS) is 10.3. The molecule has 1 amide bonds. The molecule has 1 aromatic heterocycles. The van der Waals surface area contributed by atoms with Crippen LogP contribution in [0.4, 0.5) is 0 Å². The first-order valence-corrected chi connectivity index (χ1v) is 6.23. The van der Waals surface area contributed by atoms with E-state index in [1.54, 1.807) is 6.26 Å². The van der Waals surface area contributed by atoms with Gasteiger partial charge in [-0.15, -0.1) is 0 Å². The van der Waals surface area contributed by atoms with Gasteiger partial charge in [0.2, 0.25) is 0 Å². The van der Waals surface area contributed by atoms with Crippen molar-refractivity contribution in [3.8, 4) is 11.3 Å². The number of nitrogens with one attached hydrogen (secondary N) is 1. The molecule has 0 bridgehead atoms. The molecule has 0 spiro atoms. The zero-order valence-electron chi connectivity index (χ0n) is 10.5. The molecule has 1 aromatic carbocycles. The maximum atomic E-state index is 11.9. The largest absolute Gasteiger partial charge is 0.464 e. The van der Waals surface area contributed by atoms with Crippen LogP contribution in [0.3, 0.4) is 0 Å². The van der Waals surface area contributed by atoms with Gasteiger partial charge in [-0.2, -0.15) is 0 Å². The van der Waals surface area contributed by atoms with Crippen molar-refractivity contribution in [1.82, 2.24) is 5.32 Å². The monoisotopic (exact) mass is 243 g/mol. The molecule has 18 heavy (non-hydrogen) atoms. The summed E-state index contributed by atoms with van der Waals surface area (Å²) in [5.41, 5.74) is 1.59. The Morgan fingerprint density at radius 3 is 2.89 bits per heavy atom. The third-order valence-corrected chi connectivity index (χ3v) is 2.75. The van der Waals surface area contributed by atoms with Crippen LogP contribution in [-0.2, 0) is 0 Å². The van der Waals surface area contributed by atoms with E-state index in [1.165, 1.54) is 0 Å². The summed E-state index contributed by atoms with van der Waals surface area (Å²) < 4.78 is 5.32. The van der Waals surface area contributed by atoms with Crippen LogP contribution in [0.2, 0.25) is 0 Å². The highest BCUT2D eigenvalue weighted by molar-refractivity contribution is 5.95. The molecule has 0 atom stereocenters. The molecule has 3 heteroatoms. The number of hydrogen-bond acceptors (Lipinski definition) is 2. The molecule has 0 saturated carbocycles. The Labute approximate surface area is 107 Å². The van der Waals surface area contributed by atoms with Gasteiger partial charge in [0.05, 0.1) is 6.26 Å². The van der Waals surface area contributed by atoms with E-state index in [9.17, 15) is 4.79 Å². The van der Waals surface area contributed by atoms with Gasteiger partial charge in [-0.1, -0.05) is 25.5 Å². The molecule has 2 aromatic rings. The van der Waals surface area contributed by atoms with E-state index in [2.05, 4.69) is 12.2 Å². The summed E-state index contributed by atoms with van der Waals surface area (Å²) in [5, 5.41) is 2.90. The topological polar surface area (TPSA) is 42.2 Å². The van der Waals surface area contributed by atoms with Crippen LogP contribution in [0.1, 0.15) is 30.1 Å². The fourth-order valence-corrected chi connectivity index (χ4v) is 1.74. The summed E-state index contributed by atoms with van der Waals surface area (Å²) in [7, 11) is 0. The zero-order valence-corrected chi connectivity index (χ0v) is 10.5. The SMILES string of the molecule is CCCCNC(=O)c1cccc(-c2ccco2)c1. The second kappa shape index (κ2) is 6.05. The Hall–Kier alpha value is -2.03. The van der Waals surface area contributed by atoms with Crippen molar-refractivity contribution in [3.05, 3.63) is 48.2 Å². The van der Waals surface area contributed by atoms with Crippen molar-refractivity contribution in [3.63, 3.8) is 0 Å². The first-order chi connectivity index (χ1) is 8.81. The quantitative estimate of drug-likeness (QED) is 0.817. The number of rotatable bonds is 5. The summed E-state index contributed by atoms with van der Waals surface area (Å²) in [6.45, 7) is 2.82. The molecule has 3 nitrogen and oxygen atoms in total. The maximum absolute atomic E-state index is 11.9. The first-order valence-electron chi connectivity index (χ1n) is 6.23. The second-order valence-electron chi connectivity index (χ2n) is 4.17. The Kier molecular flexibility index (Phi) is 4.18. The molecule has 0 saturated heterocycles. The molecule has 0 fully saturated rings. The Morgan fingerprint density at radius 1 is 1.28 bits per heavy atom. The van der Waals surface area contributed by atoms with E-state index in [0.29, 0.717) is 5.56 Å². The summed E-state index contributed by atoms with van der Waals surface area (Å²) in [4.78, 5) is 11.9. The minimum atomic E-state index is -0.0307. The van der Waals surface area contributed by atoms with Gasteiger partial charge < -0.3 is 9.73 Å². The average Bonchev–Trinajstić information content (AvgIpc) is 2.93. The fourth-order valence-electron chi connectivity index (χ4n) is 1.74. The molecule has 1 N–H and O–H groups in total. The van der Waals surface area contributed by atoms with E-state index >= 15 is 0 Å². The summed E-state index contributed by atoms with van der Waals surface area (Å²) in [6, 6.07) is 11.2. The van der Waals surface area contributed by atoms with Gasteiger partial charge in [-0.25, -0.2) is 0 Å². The number of carbonyl (C=O) groups excluding carboxylic acids is 1. The van der Waals surface area contributed by atoms with Crippen molar-refractivity contribution in [2.45, 2.75) is 19.8 Å². The lowest BCUT2D eigenvalue weighted by atomic mass is 10.1. The van der Waals surface area contributed by atoms with Gasteiger partial charge in [0, 0.05) is 17.7 Å². The number of unbranched alkanes of at least 4 members (excludes halogenated alkanes) is 1. The van der Waals surface area contributed by atoms with Crippen molar-refractivity contribution in [2.24, 2.45) is 0 Å². The number of benzene rings is 1. The van der Waals surface area contributed by atoms with Gasteiger partial charge >= 0.3 is 0 Å². The predicted molar refractivity (Wildman–Crippen MR) is 71.4 cm³/mol. The van der Waals surface area contributed by atoms with Crippen LogP contribution in [0.5, 0.6) is 0 Å². The van der Waals surface area contributed by atoms with Crippen LogP contribution < -0.4 is 5.32 Å². The predicted octanol–water partition coefficient (Wildman–Crippen LogP) is 3.48. The standard InChI is InChI=1S/C15H17NO2/c1-2-3-9-16-15(17)13-7-4-6-12(11-13)14-8-5-10-18-14/h4-8,10-11H,2-3,9H2,1H3,(H,16,17). The van der Waals surface area contributed by atoms with Crippen molar-refractivity contribution < 1.29 is 9.21 Å². The molecule has 0 aliphatic carbocycles. The molecule has 94 valence electrons. The number of furan rings is 1. The van der Waals surface area contributed by atoms with Gasteiger partial charge in [-0.05, 0) is 30.7 Å². The number of carbonyl (C=O) groups is 1. The van der Waals surface area contributed by atoms with E-state index in [-0.39, 0.29) is 5.91 Å². The number of amides is 1. The number of hydrogen-bond donors (Lipinski definition) is 1. The molecular weight excluding hydrogens is 226 g/mol. The van der Waals surface area contributed by atoms with Gasteiger partial charge in [0.1, 0.15) is 5.76 Å². The molecule has 0 aliphatic rings. The van der Waals surface area contributed by atoms with Crippen LogP contribution in [0, 0.1) is 0 Å². The average molecular weight is 243 g/mol. The first kappa shape index (κ1) is 12.4. The highest BCUT2D eigenvalue weighted by Crippen LogP contribution is 2.20. The molecular formula is C15H17NO2. The molecule has 0 radical (unpaired) electrons. The molecule has 2 rings (SSSR count). The highest BCUT2D eigenvalue weighted by Gasteiger charge is 2.07. The summed E-state index contributed by atoms with van der Waals surface area (Å²) >= 11 is 0. The van der Waals surface area contributed by atoms with Crippen LogP contribution in [0.15, 0.2) is 47.1 Å². The lowest BCUT2D eigenvalue weighted by molar-refractivity contribution is 0.0953. The van der Waals surface area contributed by atoms with Crippen molar-refractivity contribution in [1.29, 1.82) is 0 Å². The smallest absolute Gasteiger partial charge is 0.251 e. The minimum Gasteiger partial charge on any atom is -0.464 e. The maximum Gasteiger partial charge on any atom is 0.251 e. The van der Waals surface area contributed by atoms with E-state index < -0.39 is 0 Å². The van der Waals surface area contributed by atoms with Crippen LogP contribution in [-0.4, -0.2) is 12.5 Å². The third kappa shape index (κ3) is 3.00. The minimum absolute atomic E-state index is 0.0307. The molecule has 0 unspecified atom stereocenters. The summed E-state index contributed by atoms with van der Waals surface area (Å²) in [6.07, 6.45) is 3.71. The van der Waals surface area contributed by atoms with Crippen molar-refractivity contribution >= 4 is 5.91 Å². The lowest BCUT2D eigenvalue weighted by Gasteiger charge is -2.05. The highest BCUT2D eigenvalue weighted by atomic mass is 16.3. The van der Waals surface area contributed by atoms with Gasteiger partial charge in [0.25, 0.3) is 5.91 Å². The Morgan fingerprint density at radius 2 is 2.17 bits per heavy atom. The molecule has 1 heterocycles. The van der Waals surface area contributed by atoms with E-state index in [0.717, 1.165) is 30.7 Å². The Bertz CT molecular complexity index is 503. The lowest BCUT2D eigenvalue weighted by Crippen LogP contribution is -2.24. The van der Waals surface area contributed by atoms with Crippen LogP contribution >= 0.6 is 0 Å². The third-order valence-electron chi connectivity index (χ3n) is 2.75. The Balaban J connectivity index is 2.10.